The van der Waals surface area contributed by atoms with Crippen molar-refractivity contribution in [3.63, 3.8) is 0 Å². The molecule has 1 unspecified atom stereocenters. The van der Waals surface area contributed by atoms with Crippen LogP contribution in [0, 0.1) is 0 Å². The van der Waals surface area contributed by atoms with Crippen LogP contribution in [0.15, 0.2) is 0 Å². The molecule has 0 aromatic rings. The maximum absolute atomic E-state index is 11.3. The molecule has 0 spiro atoms. The van der Waals surface area contributed by atoms with Crippen LogP contribution in [0.3, 0.4) is 0 Å². The first-order valence-corrected chi connectivity index (χ1v) is 1.61. The molecule has 0 aromatic carbocycles. The van der Waals surface area contributed by atoms with Gasteiger partial charge >= 0.3 is 0 Å². The summed E-state index contributed by atoms with van der Waals surface area (Å²) in [5.74, 6) is 0. The van der Waals surface area contributed by atoms with Crippen molar-refractivity contribution in [2.45, 2.75) is 13.1 Å². The summed E-state index contributed by atoms with van der Waals surface area (Å²) in [7, 11) is 0. The summed E-state index contributed by atoms with van der Waals surface area (Å²) in [6.07, 6.45) is -0.838. The molecule has 40 valence electrons. The molecule has 0 aliphatic carbocycles. The zero-order valence-electron chi connectivity index (χ0n) is 3.65. The Hall–Kier alpha value is 0.180. The Labute approximate surface area is 43.1 Å². The quantitative estimate of drug-likeness (QED) is 0.533. The largest absolute Gasteiger partial charge is 0.328 e. The van der Waals surface area contributed by atoms with Crippen molar-refractivity contribution in [3.05, 3.63) is 0 Å². The molecule has 0 amide bonds. The van der Waals surface area contributed by atoms with Crippen LogP contribution < -0.4 is 5.73 Å². The second kappa shape index (κ2) is 5.18. The Morgan fingerprint density at radius 1 is 1.83 bits per heavy atom. The number of hydrogen-bond donors (Lipinski definition) is 1. The second-order valence-electron chi connectivity index (χ2n) is 1.02. The molecule has 1 atom stereocenters. The minimum Gasteiger partial charge on any atom is -0.328 e. The van der Waals surface area contributed by atoms with E-state index >= 15 is 0 Å². The number of hydrogen-bond acceptors (Lipinski definition) is 1. The Kier molecular flexibility index (Phi) is 8.19. The van der Waals surface area contributed by atoms with E-state index in [0.717, 1.165) is 0 Å². The Bertz CT molecular complexity index is 24.8. The maximum atomic E-state index is 11.3. The molecule has 1 nitrogen and oxygen atoms in total. The average Bonchev–Trinajstić information content (AvgIpc) is 1.38. The maximum Gasteiger partial charge on any atom is 0.109 e. The first-order valence-electron chi connectivity index (χ1n) is 1.61. The van der Waals surface area contributed by atoms with Gasteiger partial charge in [0.1, 0.15) is 6.17 Å². The van der Waals surface area contributed by atoms with E-state index in [2.05, 4.69) is 0 Å². The molecule has 0 saturated heterocycles. The van der Waals surface area contributed by atoms with E-state index in [1.165, 1.54) is 6.92 Å². The molecule has 2 N–H and O–H groups in total. The normalized spacial score (nSPS) is 12.5. The van der Waals surface area contributed by atoms with E-state index in [9.17, 15) is 4.39 Å². The minimum atomic E-state index is -0.838. The van der Waals surface area contributed by atoms with Gasteiger partial charge in [-0.05, 0) is 6.92 Å². The molecule has 3 heteroatoms. The molecule has 0 aromatic heterocycles. The second-order valence-corrected chi connectivity index (χ2v) is 1.02. The summed E-state index contributed by atoms with van der Waals surface area (Å²) >= 11 is 0. The van der Waals surface area contributed by atoms with Gasteiger partial charge in [-0.15, -0.1) is 12.4 Å². The van der Waals surface area contributed by atoms with E-state index in [1.807, 2.05) is 0 Å². The number of rotatable bonds is 1. The molecule has 0 bridgehead atoms. The van der Waals surface area contributed by atoms with Gasteiger partial charge in [0.05, 0.1) is 0 Å². The van der Waals surface area contributed by atoms with Crippen LogP contribution in [0.4, 0.5) is 4.39 Å². The zero-order chi connectivity index (χ0) is 4.28. The molecule has 0 aliphatic rings. The van der Waals surface area contributed by atoms with Gasteiger partial charge in [0.15, 0.2) is 0 Å². The molecule has 0 saturated carbocycles. The summed E-state index contributed by atoms with van der Waals surface area (Å²) in [5.41, 5.74) is 4.80. The summed E-state index contributed by atoms with van der Waals surface area (Å²) in [5, 5.41) is 0. The van der Waals surface area contributed by atoms with Crippen molar-refractivity contribution in [2.75, 3.05) is 6.54 Å². The minimum absolute atomic E-state index is 0. The summed E-state index contributed by atoms with van der Waals surface area (Å²) in [6.45, 7) is 1.57. The third-order valence-corrected chi connectivity index (χ3v) is 0.325. The highest BCUT2D eigenvalue weighted by Crippen LogP contribution is 1.77. The van der Waals surface area contributed by atoms with Crippen LogP contribution in [-0.2, 0) is 0 Å². The van der Waals surface area contributed by atoms with E-state index in [1.54, 1.807) is 0 Å². The van der Waals surface area contributed by atoms with Crippen molar-refractivity contribution < 1.29 is 4.39 Å². The fourth-order valence-corrected chi connectivity index (χ4v) is 0. The first kappa shape index (κ1) is 9.49. The van der Waals surface area contributed by atoms with Crippen molar-refractivity contribution in [1.82, 2.24) is 0 Å². The predicted molar refractivity (Wildman–Crippen MR) is 26.9 cm³/mol. The first-order chi connectivity index (χ1) is 2.27. The SMILES string of the molecule is CC(F)CN.Cl. The standard InChI is InChI=1S/C3H8FN.ClH/c1-3(4)2-5;/h3H,2,5H2,1H3;1H. The molecular formula is C3H9ClFN. The summed E-state index contributed by atoms with van der Waals surface area (Å²) in [6, 6.07) is 0. The summed E-state index contributed by atoms with van der Waals surface area (Å²) in [4.78, 5) is 0. The zero-order valence-corrected chi connectivity index (χ0v) is 4.46. The Morgan fingerprint density at radius 2 is 2.00 bits per heavy atom. The van der Waals surface area contributed by atoms with Gasteiger partial charge in [0.2, 0.25) is 0 Å². The van der Waals surface area contributed by atoms with Crippen LogP contribution in [0.5, 0.6) is 0 Å². The van der Waals surface area contributed by atoms with E-state index < -0.39 is 6.17 Å². The fourth-order valence-electron chi connectivity index (χ4n) is 0. The van der Waals surface area contributed by atoms with Crippen molar-refractivity contribution in [2.24, 2.45) is 5.73 Å². The van der Waals surface area contributed by atoms with Crippen LogP contribution in [0.2, 0.25) is 0 Å². The predicted octanol–water partition coefficient (Wildman–Crippen LogP) is 0.725. The number of nitrogens with two attached hydrogens (primary N) is 1. The van der Waals surface area contributed by atoms with Gasteiger partial charge in [-0.2, -0.15) is 0 Å². The van der Waals surface area contributed by atoms with Crippen molar-refractivity contribution >= 4 is 12.4 Å². The van der Waals surface area contributed by atoms with Gasteiger partial charge in [-0.1, -0.05) is 0 Å². The lowest BCUT2D eigenvalue weighted by atomic mass is 10.5. The topological polar surface area (TPSA) is 26.0 Å². The van der Waals surface area contributed by atoms with Gasteiger partial charge in [-0.3, -0.25) is 0 Å². The number of alkyl halides is 1. The fraction of sp³-hybridized carbons (Fsp3) is 1.00. The van der Waals surface area contributed by atoms with Gasteiger partial charge < -0.3 is 5.73 Å². The third kappa shape index (κ3) is 8.89. The van der Waals surface area contributed by atoms with Gasteiger partial charge in [0.25, 0.3) is 0 Å². The molecule has 0 fully saturated rings. The monoisotopic (exact) mass is 113 g/mol. The van der Waals surface area contributed by atoms with Crippen LogP contribution >= 0.6 is 12.4 Å². The van der Waals surface area contributed by atoms with Crippen LogP contribution in [-0.4, -0.2) is 12.7 Å². The smallest absolute Gasteiger partial charge is 0.109 e. The molecule has 6 heavy (non-hydrogen) atoms. The average molecular weight is 114 g/mol. The highest BCUT2D eigenvalue weighted by Gasteiger charge is 1.85. The number of halogens is 2. The van der Waals surface area contributed by atoms with Gasteiger partial charge in [-0.25, -0.2) is 4.39 Å². The van der Waals surface area contributed by atoms with Crippen molar-refractivity contribution in [3.8, 4) is 0 Å². The highest BCUT2D eigenvalue weighted by molar-refractivity contribution is 5.85. The molecular weight excluding hydrogens is 104 g/mol. The lowest BCUT2D eigenvalue weighted by Gasteiger charge is -1.86. The lowest BCUT2D eigenvalue weighted by molar-refractivity contribution is 0.370. The van der Waals surface area contributed by atoms with Crippen molar-refractivity contribution in [1.29, 1.82) is 0 Å². The van der Waals surface area contributed by atoms with Gasteiger partial charge in [0, 0.05) is 6.54 Å². The van der Waals surface area contributed by atoms with Crippen LogP contribution in [0.1, 0.15) is 6.92 Å². The molecule has 0 radical (unpaired) electrons. The third-order valence-electron chi connectivity index (χ3n) is 0.325. The van der Waals surface area contributed by atoms with E-state index in [-0.39, 0.29) is 19.0 Å². The molecule has 0 rings (SSSR count). The molecule has 0 aliphatic heterocycles. The van der Waals surface area contributed by atoms with E-state index in [0.29, 0.717) is 0 Å². The molecule has 0 heterocycles. The Balaban J connectivity index is 0. The summed E-state index contributed by atoms with van der Waals surface area (Å²) < 4.78 is 11.3. The van der Waals surface area contributed by atoms with Crippen LogP contribution in [0.25, 0.3) is 0 Å². The van der Waals surface area contributed by atoms with E-state index in [4.69, 9.17) is 5.73 Å². The highest BCUT2D eigenvalue weighted by atomic mass is 35.5. The lowest BCUT2D eigenvalue weighted by Crippen LogP contribution is -2.09. The Morgan fingerprint density at radius 3 is 2.00 bits per heavy atom.